The SMILES string of the molecule is Nc1cc(Cl)cc(C#CCCl)c1. The molecule has 0 saturated carbocycles. The zero-order chi connectivity index (χ0) is 8.97. The number of benzene rings is 1. The summed E-state index contributed by atoms with van der Waals surface area (Å²) in [6.07, 6.45) is 0. The van der Waals surface area contributed by atoms with Crippen LogP contribution in [0.2, 0.25) is 5.02 Å². The van der Waals surface area contributed by atoms with E-state index in [1.165, 1.54) is 0 Å². The highest BCUT2D eigenvalue weighted by molar-refractivity contribution is 6.31. The summed E-state index contributed by atoms with van der Waals surface area (Å²) in [6, 6.07) is 5.18. The van der Waals surface area contributed by atoms with Crippen molar-refractivity contribution in [3.63, 3.8) is 0 Å². The topological polar surface area (TPSA) is 26.0 Å². The van der Waals surface area contributed by atoms with Gasteiger partial charge in [-0.3, -0.25) is 0 Å². The summed E-state index contributed by atoms with van der Waals surface area (Å²) >= 11 is 11.1. The van der Waals surface area contributed by atoms with Crippen molar-refractivity contribution in [1.29, 1.82) is 0 Å². The summed E-state index contributed by atoms with van der Waals surface area (Å²) < 4.78 is 0. The molecule has 0 atom stereocenters. The average Bonchev–Trinajstić information content (AvgIpc) is 1.99. The van der Waals surface area contributed by atoms with Crippen LogP contribution in [-0.2, 0) is 0 Å². The number of alkyl halides is 1. The van der Waals surface area contributed by atoms with Crippen molar-refractivity contribution in [3.8, 4) is 11.8 Å². The van der Waals surface area contributed by atoms with Gasteiger partial charge < -0.3 is 5.73 Å². The molecule has 2 N–H and O–H groups in total. The molecule has 0 radical (unpaired) electrons. The number of hydrogen-bond donors (Lipinski definition) is 1. The average molecular weight is 200 g/mol. The second kappa shape index (κ2) is 4.25. The molecular weight excluding hydrogens is 193 g/mol. The number of rotatable bonds is 0. The molecule has 1 rings (SSSR count). The van der Waals surface area contributed by atoms with Gasteiger partial charge >= 0.3 is 0 Å². The molecule has 0 bridgehead atoms. The van der Waals surface area contributed by atoms with E-state index in [-0.39, 0.29) is 0 Å². The quantitative estimate of drug-likeness (QED) is 0.388. The highest BCUT2D eigenvalue weighted by Crippen LogP contribution is 2.15. The Morgan fingerprint density at radius 3 is 2.67 bits per heavy atom. The Balaban J connectivity index is 3.01. The van der Waals surface area contributed by atoms with Gasteiger partial charge in [0.05, 0.1) is 5.88 Å². The Labute approximate surface area is 81.5 Å². The highest BCUT2D eigenvalue weighted by Gasteiger charge is 1.92. The molecule has 3 heteroatoms. The van der Waals surface area contributed by atoms with Gasteiger partial charge in [-0.2, -0.15) is 0 Å². The minimum atomic E-state index is 0.312. The summed E-state index contributed by atoms with van der Waals surface area (Å²) in [7, 11) is 0. The largest absolute Gasteiger partial charge is 0.399 e. The number of nitrogens with two attached hydrogens (primary N) is 1. The van der Waals surface area contributed by atoms with E-state index in [9.17, 15) is 0 Å². The van der Waals surface area contributed by atoms with Crippen molar-refractivity contribution < 1.29 is 0 Å². The van der Waals surface area contributed by atoms with Gasteiger partial charge in [-0.25, -0.2) is 0 Å². The molecule has 12 heavy (non-hydrogen) atoms. The molecule has 0 aliphatic carbocycles. The maximum absolute atomic E-state index is 5.75. The minimum absolute atomic E-state index is 0.312. The fourth-order valence-corrected chi connectivity index (χ4v) is 1.13. The van der Waals surface area contributed by atoms with Crippen LogP contribution in [0.15, 0.2) is 18.2 Å². The third-order valence-corrected chi connectivity index (χ3v) is 1.57. The molecule has 1 aromatic rings. The molecule has 62 valence electrons. The number of halogens is 2. The first-order valence-corrected chi connectivity index (χ1v) is 4.24. The monoisotopic (exact) mass is 199 g/mol. The van der Waals surface area contributed by atoms with Gasteiger partial charge in [0.25, 0.3) is 0 Å². The molecule has 1 aromatic carbocycles. The van der Waals surface area contributed by atoms with Gasteiger partial charge in [0.15, 0.2) is 0 Å². The third kappa shape index (κ3) is 2.65. The van der Waals surface area contributed by atoms with Gasteiger partial charge in [0.2, 0.25) is 0 Å². The van der Waals surface area contributed by atoms with Crippen LogP contribution in [0, 0.1) is 11.8 Å². The molecule has 0 amide bonds. The van der Waals surface area contributed by atoms with Gasteiger partial charge in [0.1, 0.15) is 0 Å². The third-order valence-electron chi connectivity index (χ3n) is 1.22. The summed E-state index contributed by atoms with van der Waals surface area (Å²) in [5, 5.41) is 0.592. The van der Waals surface area contributed by atoms with Gasteiger partial charge in [0, 0.05) is 16.3 Å². The van der Waals surface area contributed by atoms with E-state index in [1.54, 1.807) is 18.2 Å². The van der Waals surface area contributed by atoms with Crippen LogP contribution in [0.1, 0.15) is 5.56 Å². The smallest absolute Gasteiger partial charge is 0.0839 e. The van der Waals surface area contributed by atoms with Crippen molar-refractivity contribution in [2.24, 2.45) is 0 Å². The fourth-order valence-electron chi connectivity index (χ4n) is 0.820. The second-order valence-corrected chi connectivity index (χ2v) is 2.91. The lowest BCUT2D eigenvalue weighted by Gasteiger charge is -1.95. The second-order valence-electron chi connectivity index (χ2n) is 2.21. The molecule has 0 aromatic heterocycles. The van der Waals surface area contributed by atoms with Crippen LogP contribution in [0.5, 0.6) is 0 Å². The van der Waals surface area contributed by atoms with Crippen molar-refractivity contribution in [2.75, 3.05) is 11.6 Å². The molecule has 0 aliphatic rings. The molecule has 0 spiro atoms. The van der Waals surface area contributed by atoms with Crippen LogP contribution in [-0.4, -0.2) is 5.88 Å². The molecule has 0 heterocycles. The summed E-state index contributed by atoms with van der Waals surface area (Å²) in [5.41, 5.74) is 6.95. The lowest BCUT2D eigenvalue weighted by Crippen LogP contribution is -1.85. The first kappa shape index (κ1) is 9.25. The standard InChI is InChI=1S/C9H7Cl2N/c10-3-1-2-7-4-8(11)6-9(12)5-7/h4-6H,3,12H2. The maximum Gasteiger partial charge on any atom is 0.0839 e. The van der Waals surface area contributed by atoms with Gasteiger partial charge in [-0.15, -0.1) is 11.6 Å². The minimum Gasteiger partial charge on any atom is -0.399 e. The summed E-state index contributed by atoms with van der Waals surface area (Å²) in [4.78, 5) is 0. The van der Waals surface area contributed by atoms with E-state index in [0.717, 1.165) is 5.56 Å². The maximum atomic E-state index is 5.75. The van der Waals surface area contributed by atoms with Crippen molar-refractivity contribution in [2.45, 2.75) is 0 Å². The predicted octanol–water partition coefficient (Wildman–Crippen LogP) is 2.51. The zero-order valence-electron chi connectivity index (χ0n) is 6.27. The number of nitrogen functional groups attached to an aromatic ring is 1. The molecule has 0 fully saturated rings. The van der Waals surface area contributed by atoms with Crippen LogP contribution >= 0.6 is 23.2 Å². The lowest BCUT2D eigenvalue weighted by atomic mass is 10.2. The Kier molecular flexibility index (Phi) is 3.28. The van der Waals surface area contributed by atoms with E-state index >= 15 is 0 Å². The number of anilines is 1. The molecule has 0 unspecified atom stereocenters. The van der Waals surface area contributed by atoms with E-state index in [2.05, 4.69) is 11.8 Å². The van der Waals surface area contributed by atoms with Crippen molar-refractivity contribution in [3.05, 3.63) is 28.8 Å². The Morgan fingerprint density at radius 2 is 2.08 bits per heavy atom. The van der Waals surface area contributed by atoms with Crippen molar-refractivity contribution in [1.82, 2.24) is 0 Å². The molecule has 0 saturated heterocycles. The number of hydrogen-bond acceptors (Lipinski definition) is 1. The molecular formula is C9H7Cl2N. The van der Waals surface area contributed by atoms with E-state index in [1.807, 2.05) is 0 Å². The predicted molar refractivity (Wildman–Crippen MR) is 53.5 cm³/mol. The normalized spacial score (nSPS) is 8.83. The Morgan fingerprint density at radius 1 is 1.33 bits per heavy atom. The summed E-state index contributed by atoms with van der Waals surface area (Å²) in [6.45, 7) is 0. The van der Waals surface area contributed by atoms with Crippen LogP contribution < -0.4 is 5.73 Å². The van der Waals surface area contributed by atoms with E-state index < -0.39 is 0 Å². The zero-order valence-corrected chi connectivity index (χ0v) is 7.78. The Hall–Kier alpha value is -0.840. The first-order chi connectivity index (χ1) is 5.72. The Bertz CT molecular complexity index is 316. The van der Waals surface area contributed by atoms with Gasteiger partial charge in [-0.1, -0.05) is 23.4 Å². The van der Waals surface area contributed by atoms with Crippen LogP contribution in [0.25, 0.3) is 0 Å². The molecule has 0 aliphatic heterocycles. The van der Waals surface area contributed by atoms with E-state index in [0.29, 0.717) is 16.6 Å². The van der Waals surface area contributed by atoms with Crippen LogP contribution in [0.3, 0.4) is 0 Å². The lowest BCUT2D eigenvalue weighted by molar-refractivity contribution is 1.63. The molecule has 1 nitrogen and oxygen atoms in total. The highest BCUT2D eigenvalue weighted by atomic mass is 35.5. The van der Waals surface area contributed by atoms with Gasteiger partial charge in [-0.05, 0) is 18.2 Å². The van der Waals surface area contributed by atoms with Crippen LogP contribution in [0.4, 0.5) is 5.69 Å². The first-order valence-electron chi connectivity index (χ1n) is 3.33. The summed E-state index contributed by atoms with van der Waals surface area (Å²) in [5.74, 6) is 5.86. The van der Waals surface area contributed by atoms with Crippen molar-refractivity contribution >= 4 is 28.9 Å². The fraction of sp³-hybridized carbons (Fsp3) is 0.111. The van der Waals surface area contributed by atoms with E-state index in [4.69, 9.17) is 28.9 Å².